The molecule has 1 N–H and O–H groups in total. The molecular formula is C21H20BrNO6S. The van der Waals surface area contributed by atoms with Gasteiger partial charge in [0.1, 0.15) is 10.8 Å². The second kappa shape index (κ2) is 9.44. The fraction of sp³-hybridized carbons (Fsp3) is 0.286. The first kappa shape index (κ1) is 22.0. The van der Waals surface area contributed by atoms with Gasteiger partial charge in [0, 0.05) is 21.0 Å². The molecule has 1 amide bonds. The Morgan fingerprint density at radius 2 is 1.97 bits per heavy atom. The molecule has 1 aromatic carbocycles. The zero-order chi connectivity index (χ0) is 21.8. The molecule has 7 nitrogen and oxygen atoms in total. The van der Waals surface area contributed by atoms with Crippen molar-refractivity contribution in [1.29, 1.82) is 0 Å². The third-order valence-corrected chi connectivity index (χ3v) is 6.42. The summed E-state index contributed by atoms with van der Waals surface area (Å²) < 4.78 is 15.9. The number of hydrogen-bond acceptors (Lipinski definition) is 7. The lowest BCUT2D eigenvalue weighted by Crippen LogP contribution is -2.16. The van der Waals surface area contributed by atoms with Crippen LogP contribution in [0, 0.1) is 0 Å². The number of halogens is 1. The van der Waals surface area contributed by atoms with Crippen molar-refractivity contribution in [1.82, 2.24) is 0 Å². The quantitative estimate of drug-likeness (QED) is 0.479. The number of fused-ring (bicyclic) bond motifs is 1. The predicted octanol–water partition coefficient (Wildman–Crippen LogP) is 4.16. The number of esters is 2. The molecule has 0 radical (unpaired) electrons. The van der Waals surface area contributed by atoms with Crippen LogP contribution >= 0.6 is 27.3 Å². The van der Waals surface area contributed by atoms with Crippen LogP contribution in [0.5, 0.6) is 5.75 Å². The maximum atomic E-state index is 12.5. The number of benzene rings is 1. The van der Waals surface area contributed by atoms with E-state index in [1.54, 1.807) is 19.3 Å². The molecule has 0 fully saturated rings. The van der Waals surface area contributed by atoms with E-state index in [4.69, 9.17) is 14.2 Å². The van der Waals surface area contributed by atoms with Crippen molar-refractivity contribution in [3.05, 3.63) is 50.3 Å². The highest BCUT2D eigenvalue weighted by molar-refractivity contribution is 9.10. The van der Waals surface area contributed by atoms with E-state index in [9.17, 15) is 14.4 Å². The largest absolute Gasteiger partial charge is 0.496 e. The molecule has 0 spiro atoms. The van der Waals surface area contributed by atoms with E-state index in [1.807, 2.05) is 12.1 Å². The fourth-order valence-electron chi connectivity index (χ4n) is 3.39. The van der Waals surface area contributed by atoms with Gasteiger partial charge in [0.15, 0.2) is 0 Å². The number of nitrogens with one attached hydrogen (secondary N) is 1. The highest BCUT2D eigenvalue weighted by atomic mass is 79.9. The van der Waals surface area contributed by atoms with Gasteiger partial charge in [-0.25, -0.2) is 4.79 Å². The van der Waals surface area contributed by atoms with Crippen LogP contribution in [-0.2, 0) is 25.5 Å². The molecule has 1 unspecified atom stereocenters. The molecule has 2 aromatic rings. The summed E-state index contributed by atoms with van der Waals surface area (Å²) in [7, 11) is 4.13. The lowest BCUT2D eigenvalue weighted by molar-refractivity contribution is -0.142. The number of carbonyl (C=O) groups excluding carboxylic acids is 3. The van der Waals surface area contributed by atoms with Gasteiger partial charge in [0.2, 0.25) is 5.91 Å². The molecule has 1 aromatic heterocycles. The Kier molecular flexibility index (Phi) is 6.94. The summed E-state index contributed by atoms with van der Waals surface area (Å²) in [4.78, 5) is 38.0. The number of carbonyl (C=O) groups is 3. The number of anilines is 1. The SMILES string of the molecule is COC(=O)c1c(NC(=O)/C=C/c2cc(Br)ccc2OC)sc2c1C(C(=O)OC)CC2. The Bertz CT molecular complexity index is 1030. The van der Waals surface area contributed by atoms with Gasteiger partial charge < -0.3 is 19.5 Å². The second-order valence-corrected chi connectivity index (χ2v) is 8.48. The van der Waals surface area contributed by atoms with E-state index in [0.29, 0.717) is 29.2 Å². The lowest BCUT2D eigenvalue weighted by Gasteiger charge is -2.11. The van der Waals surface area contributed by atoms with Gasteiger partial charge in [-0.3, -0.25) is 9.59 Å². The number of ether oxygens (including phenoxy) is 3. The Balaban J connectivity index is 1.88. The van der Waals surface area contributed by atoms with Crippen LogP contribution in [-0.4, -0.2) is 39.2 Å². The number of rotatable bonds is 6. The minimum absolute atomic E-state index is 0.215. The molecular weight excluding hydrogens is 474 g/mol. The molecule has 1 atom stereocenters. The fourth-order valence-corrected chi connectivity index (χ4v) is 5.04. The smallest absolute Gasteiger partial charge is 0.341 e. The summed E-state index contributed by atoms with van der Waals surface area (Å²) in [6, 6.07) is 5.45. The summed E-state index contributed by atoms with van der Waals surface area (Å²) in [5.41, 5.74) is 1.52. The Morgan fingerprint density at radius 1 is 1.20 bits per heavy atom. The summed E-state index contributed by atoms with van der Waals surface area (Å²) in [6.45, 7) is 0. The van der Waals surface area contributed by atoms with Gasteiger partial charge in [-0.2, -0.15) is 0 Å². The van der Waals surface area contributed by atoms with E-state index in [0.717, 1.165) is 14.9 Å². The molecule has 1 aliphatic rings. The molecule has 1 heterocycles. The zero-order valence-corrected chi connectivity index (χ0v) is 19.0. The van der Waals surface area contributed by atoms with Gasteiger partial charge in [-0.05, 0) is 42.7 Å². The lowest BCUT2D eigenvalue weighted by atomic mass is 9.99. The number of methoxy groups -OCH3 is 3. The third-order valence-electron chi connectivity index (χ3n) is 4.75. The van der Waals surface area contributed by atoms with Crippen molar-refractivity contribution in [2.75, 3.05) is 26.6 Å². The molecule has 158 valence electrons. The van der Waals surface area contributed by atoms with E-state index in [1.165, 1.54) is 31.6 Å². The molecule has 0 aliphatic heterocycles. The summed E-state index contributed by atoms with van der Waals surface area (Å²) in [5.74, 6) is -1.35. The van der Waals surface area contributed by atoms with Crippen molar-refractivity contribution in [3.63, 3.8) is 0 Å². The highest BCUT2D eigenvalue weighted by Crippen LogP contribution is 2.45. The van der Waals surface area contributed by atoms with Crippen LogP contribution < -0.4 is 10.1 Å². The third kappa shape index (κ3) is 4.41. The second-order valence-electron chi connectivity index (χ2n) is 6.46. The number of thiophene rings is 1. The standard InChI is InChI=1S/C21H20BrNO6S/c1-27-14-7-5-12(22)10-11(14)4-9-16(24)23-19-18(21(26)29-3)17-13(20(25)28-2)6-8-15(17)30-19/h4-5,7,9-10,13H,6,8H2,1-3H3,(H,23,24)/b9-4+. The molecule has 0 bridgehead atoms. The zero-order valence-electron chi connectivity index (χ0n) is 16.6. The van der Waals surface area contributed by atoms with Crippen molar-refractivity contribution in [2.45, 2.75) is 18.8 Å². The average molecular weight is 494 g/mol. The van der Waals surface area contributed by atoms with Gasteiger partial charge >= 0.3 is 11.9 Å². The maximum absolute atomic E-state index is 12.5. The average Bonchev–Trinajstić information content (AvgIpc) is 3.30. The van der Waals surface area contributed by atoms with Crippen molar-refractivity contribution in [2.24, 2.45) is 0 Å². The van der Waals surface area contributed by atoms with Crippen molar-refractivity contribution >= 4 is 56.2 Å². The Hall–Kier alpha value is -2.65. The van der Waals surface area contributed by atoms with Crippen molar-refractivity contribution in [3.8, 4) is 5.75 Å². The molecule has 1 aliphatic carbocycles. The molecule has 0 saturated carbocycles. The van der Waals surface area contributed by atoms with E-state index in [2.05, 4.69) is 21.2 Å². The Morgan fingerprint density at radius 3 is 2.63 bits per heavy atom. The number of hydrogen-bond donors (Lipinski definition) is 1. The minimum atomic E-state index is -0.601. The van der Waals surface area contributed by atoms with Crippen molar-refractivity contribution < 1.29 is 28.6 Å². The summed E-state index contributed by atoms with van der Waals surface area (Å²) in [6.07, 6.45) is 4.17. The molecule has 30 heavy (non-hydrogen) atoms. The number of aryl methyl sites for hydroxylation is 1. The van der Waals surface area contributed by atoms with Gasteiger partial charge in [0.05, 0.1) is 32.8 Å². The summed E-state index contributed by atoms with van der Waals surface area (Å²) >= 11 is 4.67. The molecule has 9 heteroatoms. The van der Waals surface area contributed by atoms with E-state index >= 15 is 0 Å². The topological polar surface area (TPSA) is 90.9 Å². The van der Waals surface area contributed by atoms with Crippen LogP contribution in [0.25, 0.3) is 6.08 Å². The van der Waals surface area contributed by atoms with E-state index in [-0.39, 0.29) is 5.56 Å². The van der Waals surface area contributed by atoms with Gasteiger partial charge in [0.25, 0.3) is 0 Å². The minimum Gasteiger partial charge on any atom is -0.496 e. The first-order valence-corrected chi connectivity index (χ1v) is 10.6. The van der Waals surface area contributed by atoms with Gasteiger partial charge in [-0.1, -0.05) is 15.9 Å². The predicted molar refractivity (Wildman–Crippen MR) is 117 cm³/mol. The first-order chi connectivity index (χ1) is 14.4. The van der Waals surface area contributed by atoms with E-state index < -0.39 is 23.8 Å². The maximum Gasteiger partial charge on any atom is 0.341 e. The number of amides is 1. The molecule has 0 saturated heterocycles. The molecule has 3 rings (SSSR count). The summed E-state index contributed by atoms with van der Waals surface area (Å²) in [5, 5.41) is 3.10. The van der Waals surface area contributed by atoms with Crippen LogP contribution in [0.1, 0.15) is 38.7 Å². The highest BCUT2D eigenvalue weighted by Gasteiger charge is 2.38. The Labute approximate surface area is 186 Å². The monoisotopic (exact) mass is 493 g/mol. The first-order valence-electron chi connectivity index (χ1n) is 9.03. The van der Waals surface area contributed by atoms with Crippen LogP contribution in [0.2, 0.25) is 0 Å². The van der Waals surface area contributed by atoms with Gasteiger partial charge in [-0.15, -0.1) is 11.3 Å². The normalized spacial score (nSPS) is 15.0. The van der Waals surface area contributed by atoms with Crippen LogP contribution in [0.4, 0.5) is 5.00 Å². The van der Waals surface area contributed by atoms with Crippen LogP contribution in [0.15, 0.2) is 28.7 Å². The van der Waals surface area contributed by atoms with Crippen LogP contribution in [0.3, 0.4) is 0 Å².